The van der Waals surface area contributed by atoms with Crippen LogP contribution in [-0.4, -0.2) is 31.1 Å². The lowest BCUT2D eigenvalue weighted by molar-refractivity contribution is -0.201. The lowest BCUT2D eigenvalue weighted by atomic mass is 9.68. The predicted molar refractivity (Wildman–Crippen MR) is 194 cm³/mol. The molecule has 0 atom stereocenters. The van der Waals surface area contributed by atoms with Gasteiger partial charge in [0.25, 0.3) is 0 Å². The first-order chi connectivity index (χ1) is 23.1. The molecule has 0 aromatic heterocycles. The van der Waals surface area contributed by atoms with Crippen molar-refractivity contribution in [1.82, 2.24) is 0 Å². The molecular formula is C43H74O4. The van der Waals surface area contributed by atoms with E-state index in [9.17, 15) is 4.79 Å². The van der Waals surface area contributed by atoms with Crippen molar-refractivity contribution in [1.29, 1.82) is 0 Å². The van der Waals surface area contributed by atoms with Gasteiger partial charge in [-0.05, 0) is 158 Å². The summed E-state index contributed by atoms with van der Waals surface area (Å²) < 4.78 is 19.0. The Balaban J connectivity index is 0.957. The van der Waals surface area contributed by atoms with Crippen molar-refractivity contribution in [3.05, 3.63) is 11.8 Å². The summed E-state index contributed by atoms with van der Waals surface area (Å²) >= 11 is 0. The zero-order valence-corrected chi connectivity index (χ0v) is 31.0. The van der Waals surface area contributed by atoms with Gasteiger partial charge in [-0.3, -0.25) is 4.79 Å². The third-order valence-corrected chi connectivity index (χ3v) is 13.8. The van der Waals surface area contributed by atoms with Crippen LogP contribution < -0.4 is 0 Å². The number of hydrogen-bond acceptors (Lipinski definition) is 4. The summed E-state index contributed by atoms with van der Waals surface area (Å²) in [7, 11) is 0. The van der Waals surface area contributed by atoms with Crippen LogP contribution in [0.1, 0.15) is 200 Å². The Kier molecular flexibility index (Phi) is 16.3. The number of rotatable bonds is 17. The maximum Gasteiger partial charge on any atom is 0.309 e. The van der Waals surface area contributed by atoms with Crippen molar-refractivity contribution in [2.24, 2.45) is 29.6 Å². The van der Waals surface area contributed by atoms with E-state index in [1.807, 2.05) is 11.8 Å². The smallest absolute Gasteiger partial charge is 0.309 e. The van der Waals surface area contributed by atoms with E-state index in [-0.39, 0.29) is 17.5 Å². The van der Waals surface area contributed by atoms with Crippen molar-refractivity contribution < 1.29 is 19.0 Å². The monoisotopic (exact) mass is 655 g/mol. The lowest BCUT2D eigenvalue weighted by Crippen LogP contribution is -2.42. The molecule has 0 N–H and O–H groups in total. The molecule has 0 saturated heterocycles. The Morgan fingerprint density at radius 3 is 2.04 bits per heavy atom. The van der Waals surface area contributed by atoms with Crippen LogP contribution in [0.5, 0.6) is 0 Å². The van der Waals surface area contributed by atoms with Crippen LogP contribution in [0, 0.1) is 41.4 Å². The average Bonchev–Trinajstić information content (AvgIpc) is 3.12. The average molecular weight is 655 g/mol. The van der Waals surface area contributed by atoms with Crippen molar-refractivity contribution >= 4 is 5.97 Å². The fourth-order valence-corrected chi connectivity index (χ4v) is 10.4. The number of hydrogen-bond donors (Lipinski definition) is 0. The van der Waals surface area contributed by atoms with Gasteiger partial charge in [-0.1, -0.05) is 78.1 Å². The van der Waals surface area contributed by atoms with Crippen molar-refractivity contribution in [2.45, 2.75) is 212 Å². The molecular weight excluding hydrogens is 580 g/mol. The van der Waals surface area contributed by atoms with Gasteiger partial charge in [0.2, 0.25) is 0 Å². The molecule has 4 heteroatoms. The van der Waals surface area contributed by atoms with Crippen LogP contribution in [0.25, 0.3) is 0 Å². The normalized spacial score (nSPS) is 30.3. The van der Waals surface area contributed by atoms with E-state index in [1.165, 1.54) is 148 Å². The van der Waals surface area contributed by atoms with Gasteiger partial charge in [-0.15, -0.1) is 0 Å². The Morgan fingerprint density at radius 2 is 1.36 bits per heavy atom. The maximum absolute atomic E-state index is 13.3. The fourth-order valence-electron chi connectivity index (χ4n) is 10.4. The van der Waals surface area contributed by atoms with Gasteiger partial charge in [-0.25, -0.2) is 0 Å². The van der Waals surface area contributed by atoms with Gasteiger partial charge in [0.1, 0.15) is 19.0 Å². The van der Waals surface area contributed by atoms with E-state index in [4.69, 9.17) is 14.2 Å². The second kappa shape index (κ2) is 20.3. The van der Waals surface area contributed by atoms with Gasteiger partial charge >= 0.3 is 5.97 Å². The van der Waals surface area contributed by atoms with Crippen LogP contribution in [0.2, 0.25) is 0 Å². The Morgan fingerprint density at radius 1 is 0.702 bits per heavy atom. The van der Waals surface area contributed by atoms with Gasteiger partial charge in [0.05, 0.1) is 12.0 Å². The lowest BCUT2D eigenvalue weighted by Gasteiger charge is -2.39. The minimum absolute atomic E-state index is 0.0364. The molecule has 4 nitrogen and oxygen atoms in total. The zero-order valence-electron chi connectivity index (χ0n) is 31.0. The highest BCUT2D eigenvalue weighted by Gasteiger charge is 2.38. The van der Waals surface area contributed by atoms with Gasteiger partial charge in [-0.2, -0.15) is 0 Å². The first kappa shape index (κ1) is 37.6. The summed E-state index contributed by atoms with van der Waals surface area (Å²) in [5.41, 5.74) is -0.346. The molecule has 5 fully saturated rings. The maximum atomic E-state index is 13.3. The molecule has 0 bridgehead atoms. The van der Waals surface area contributed by atoms with E-state index in [2.05, 4.69) is 13.8 Å². The first-order valence-corrected chi connectivity index (χ1v) is 21.2. The van der Waals surface area contributed by atoms with Gasteiger partial charge in [0, 0.05) is 0 Å². The van der Waals surface area contributed by atoms with Crippen molar-refractivity contribution in [3.63, 3.8) is 0 Å². The van der Waals surface area contributed by atoms with E-state index >= 15 is 0 Å². The van der Waals surface area contributed by atoms with Crippen LogP contribution >= 0.6 is 0 Å². The molecule has 5 aliphatic carbocycles. The molecule has 47 heavy (non-hydrogen) atoms. The molecule has 5 saturated carbocycles. The second-order valence-electron chi connectivity index (χ2n) is 17.0. The summed E-state index contributed by atoms with van der Waals surface area (Å²) in [6.45, 7) is 5.39. The summed E-state index contributed by atoms with van der Waals surface area (Å²) in [6.07, 6.45) is 37.6. The van der Waals surface area contributed by atoms with E-state index in [0.29, 0.717) is 19.5 Å². The van der Waals surface area contributed by atoms with Crippen molar-refractivity contribution in [3.8, 4) is 0 Å². The minimum atomic E-state index is -0.346. The summed E-state index contributed by atoms with van der Waals surface area (Å²) in [5, 5.41) is 0. The van der Waals surface area contributed by atoms with Crippen molar-refractivity contribution in [2.75, 3.05) is 13.4 Å². The molecule has 0 aromatic rings. The Bertz CT molecular complexity index is 834. The molecule has 0 aliphatic heterocycles. The topological polar surface area (TPSA) is 44.8 Å². The molecule has 0 heterocycles. The van der Waals surface area contributed by atoms with E-state index in [1.54, 1.807) is 0 Å². The highest BCUT2D eigenvalue weighted by Crippen LogP contribution is 2.45. The van der Waals surface area contributed by atoms with Gasteiger partial charge in [0.15, 0.2) is 0 Å². The highest BCUT2D eigenvalue weighted by atomic mass is 16.7. The Labute approximate surface area is 291 Å². The summed E-state index contributed by atoms with van der Waals surface area (Å²) in [4.78, 5) is 13.3. The number of unbranched alkanes of at least 4 members (excludes halogenated alkanes) is 4. The quantitative estimate of drug-likeness (QED) is 0.0889. The van der Waals surface area contributed by atoms with Gasteiger partial charge < -0.3 is 14.2 Å². The number of esters is 1. The molecule has 0 aromatic carbocycles. The minimum Gasteiger partial charge on any atom is -0.462 e. The molecule has 5 aliphatic rings. The van der Waals surface area contributed by atoms with E-state index in [0.717, 1.165) is 62.2 Å². The molecule has 5 rings (SSSR count). The van der Waals surface area contributed by atoms with Crippen LogP contribution in [0.15, 0.2) is 0 Å². The molecule has 0 unspecified atom stereocenters. The molecule has 2 radical (unpaired) electrons. The van der Waals surface area contributed by atoms with Crippen LogP contribution in [-0.2, 0) is 19.0 Å². The summed E-state index contributed by atoms with van der Waals surface area (Å²) in [5.74, 6) is 7.37. The zero-order chi connectivity index (χ0) is 32.7. The number of carbonyl (C=O) groups is 1. The first-order valence-electron chi connectivity index (χ1n) is 21.2. The Hall–Kier alpha value is -0.610. The molecule has 270 valence electrons. The number of ether oxygens (including phenoxy) is 3. The third-order valence-electron chi connectivity index (χ3n) is 13.8. The fraction of sp³-hybridized carbons (Fsp3) is 0.930. The third kappa shape index (κ3) is 12.0. The largest absolute Gasteiger partial charge is 0.462 e. The van der Waals surface area contributed by atoms with Crippen LogP contribution in [0.3, 0.4) is 0 Å². The number of carbonyl (C=O) groups excluding carboxylic acids is 1. The predicted octanol–water partition coefficient (Wildman–Crippen LogP) is 12.3. The second-order valence-corrected chi connectivity index (χ2v) is 17.0. The molecule has 0 spiro atoms. The SMILES string of the molecule is CCCCC[C]1CCC(C2CCC(OCOC3(COC(=O)C4CCC([C]5CCC(CCCCC)CC5)CC4)CCCCC3)CC2)CC1. The molecule has 0 amide bonds. The van der Waals surface area contributed by atoms with E-state index < -0.39 is 0 Å². The highest BCUT2D eigenvalue weighted by molar-refractivity contribution is 5.72. The summed E-state index contributed by atoms with van der Waals surface area (Å²) in [6, 6.07) is 0. The van der Waals surface area contributed by atoms with Crippen LogP contribution in [0.4, 0.5) is 0 Å². The standard InChI is InChI=1S/C43H74O4/c1-3-5-8-12-34-14-18-36(19-15-34)38-22-24-40(25-23-38)42(44)45-32-43(30-10-7-11-31-43)47-33-46-41-28-26-39(27-29-41)37-20-16-35(17-21-37)13-9-6-4-2/h34,37-41H,3-33H2,1-2H3.